The minimum absolute atomic E-state index is 0.428. The molecule has 0 spiro atoms. The zero-order valence-electron chi connectivity index (χ0n) is 17.3. The molecule has 2 aromatic heterocycles. The molecule has 8 heteroatoms. The number of thiazole rings is 1. The van der Waals surface area contributed by atoms with Crippen LogP contribution in [0.1, 0.15) is 42.3 Å². The summed E-state index contributed by atoms with van der Waals surface area (Å²) in [5.74, 6) is 0.876. The summed E-state index contributed by atoms with van der Waals surface area (Å²) in [6, 6.07) is 4.84. The van der Waals surface area contributed by atoms with Crippen LogP contribution in [0.3, 0.4) is 0 Å². The summed E-state index contributed by atoms with van der Waals surface area (Å²) >= 11 is 3.63. The molecule has 158 valence electrons. The monoisotopic (exact) mass is 432 g/mol. The topological polar surface area (TPSA) is 55.8 Å². The first-order valence-corrected chi connectivity index (χ1v) is 12.5. The van der Waals surface area contributed by atoms with Crippen LogP contribution >= 0.6 is 22.7 Å². The fourth-order valence-corrected chi connectivity index (χ4v) is 5.91. The lowest BCUT2D eigenvalue weighted by Gasteiger charge is -2.27. The third-order valence-corrected chi connectivity index (χ3v) is 7.65. The van der Waals surface area contributed by atoms with Gasteiger partial charge in [-0.1, -0.05) is 6.07 Å². The highest BCUT2D eigenvalue weighted by molar-refractivity contribution is 7.13. The molecule has 4 heterocycles. The highest BCUT2D eigenvalue weighted by Crippen LogP contribution is 2.28. The van der Waals surface area contributed by atoms with Crippen LogP contribution in [0.4, 0.5) is 5.13 Å². The number of anilines is 1. The summed E-state index contributed by atoms with van der Waals surface area (Å²) in [4.78, 5) is 15.7. The van der Waals surface area contributed by atoms with Gasteiger partial charge in [0.05, 0.1) is 11.7 Å². The second-order valence-corrected chi connectivity index (χ2v) is 9.54. The van der Waals surface area contributed by atoms with E-state index < -0.39 is 0 Å². The van der Waals surface area contributed by atoms with Gasteiger partial charge in [-0.25, -0.2) is 4.98 Å². The number of guanidine groups is 1. The molecule has 4 rings (SSSR count). The van der Waals surface area contributed by atoms with Gasteiger partial charge in [0.2, 0.25) is 0 Å². The normalized spacial score (nSPS) is 19.1. The van der Waals surface area contributed by atoms with Gasteiger partial charge < -0.3 is 15.5 Å². The van der Waals surface area contributed by atoms with E-state index >= 15 is 0 Å². The van der Waals surface area contributed by atoms with Crippen LogP contribution in [-0.4, -0.2) is 62.2 Å². The Balaban J connectivity index is 1.25. The molecule has 2 saturated heterocycles. The Morgan fingerprint density at radius 2 is 1.93 bits per heavy atom. The molecule has 0 saturated carbocycles. The number of likely N-dealkylation sites (tertiary alicyclic amines) is 1. The fraction of sp³-hybridized carbons (Fsp3) is 0.619. The van der Waals surface area contributed by atoms with Crippen LogP contribution in [0.2, 0.25) is 0 Å². The number of nitrogens with one attached hydrogen (secondary N) is 2. The lowest BCUT2D eigenvalue weighted by atomic mass is 10.2. The second-order valence-electron chi connectivity index (χ2n) is 7.72. The first-order chi connectivity index (χ1) is 14.3. The van der Waals surface area contributed by atoms with Crippen molar-refractivity contribution in [1.82, 2.24) is 20.5 Å². The lowest BCUT2D eigenvalue weighted by Crippen LogP contribution is -2.43. The quantitative estimate of drug-likeness (QED) is 0.495. The molecule has 2 aliphatic heterocycles. The van der Waals surface area contributed by atoms with Gasteiger partial charge in [-0.3, -0.25) is 9.89 Å². The van der Waals surface area contributed by atoms with Crippen LogP contribution < -0.4 is 15.5 Å². The lowest BCUT2D eigenvalue weighted by molar-refractivity contribution is 0.249. The molecule has 6 nitrogen and oxygen atoms in total. The van der Waals surface area contributed by atoms with Gasteiger partial charge in [-0.05, 0) is 50.2 Å². The summed E-state index contributed by atoms with van der Waals surface area (Å²) in [5, 5.41) is 12.6. The summed E-state index contributed by atoms with van der Waals surface area (Å²) in [7, 11) is 1.85. The number of aliphatic imine (C=N–C) groups is 1. The second kappa shape index (κ2) is 10.4. The van der Waals surface area contributed by atoms with Crippen molar-refractivity contribution < 1.29 is 0 Å². The first-order valence-electron chi connectivity index (χ1n) is 10.7. The summed E-state index contributed by atoms with van der Waals surface area (Å²) < 4.78 is 0. The fourth-order valence-electron chi connectivity index (χ4n) is 4.13. The van der Waals surface area contributed by atoms with E-state index in [9.17, 15) is 0 Å². The Morgan fingerprint density at radius 3 is 2.66 bits per heavy atom. The molecule has 2 aromatic rings. The van der Waals surface area contributed by atoms with Crippen LogP contribution in [0.25, 0.3) is 0 Å². The van der Waals surface area contributed by atoms with Crippen molar-refractivity contribution in [2.45, 2.75) is 38.1 Å². The molecule has 0 bridgehead atoms. The summed E-state index contributed by atoms with van der Waals surface area (Å²) in [5.41, 5.74) is 1.17. The van der Waals surface area contributed by atoms with E-state index in [4.69, 9.17) is 4.98 Å². The molecule has 2 fully saturated rings. The van der Waals surface area contributed by atoms with Crippen molar-refractivity contribution in [3.05, 3.63) is 33.5 Å². The third kappa shape index (κ3) is 5.49. The Hall–Kier alpha value is -1.64. The number of nitrogens with zero attached hydrogens (tertiary/aromatic N) is 4. The molecule has 1 unspecified atom stereocenters. The van der Waals surface area contributed by atoms with Gasteiger partial charge in [-0.2, -0.15) is 0 Å². The molecule has 2 N–H and O–H groups in total. The van der Waals surface area contributed by atoms with Gasteiger partial charge in [0.25, 0.3) is 0 Å². The van der Waals surface area contributed by atoms with Crippen molar-refractivity contribution in [2.24, 2.45) is 4.99 Å². The average Bonchev–Trinajstić information content (AvgIpc) is 3.54. The van der Waals surface area contributed by atoms with Crippen molar-refractivity contribution >= 4 is 33.8 Å². The van der Waals surface area contributed by atoms with Crippen LogP contribution in [0.15, 0.2) is 27.9 Å². The van der Waals surface area contributed by atoms with Crippen molar-refractivity contribution in [2.75, 3.05) is 51.2 Å². The largest absolute Gasteiger partial charge is 0.356 e. The van der Waals surface area contributed by atoms with Gasteiger partial charge in [0.1, 0.15) is 0 Å². The Morgan fingerprint density at radius 1 is 1.14 bits per heavy atom. The maximum absolute atomic E-state index is 4.81. The first kappa shape index (κ1) is 20.6. The smallest absolute Gasteiger partial charge is 0.191 e. The Labute approximate surface area is 182 Å². The van der Waals surface area contributed by atoms with Gasteiger partial charge >= 0.3 is 0 Å². The van der Waals surface area contributed by atoms with E-state index in [2.05, 4.69) is 48.3 Å². The van der Waals surface area contributed by atoms with Gasteiger partial charge in [0, 0.05) is 49.9 Å². The number of thiophene rings is 1. The van der Waals surface area contributed by atoms with Crippen LogP contribution in [-0.2, 0) is 6.42 Å². The molecule has 1 atom stereocenters. The minimum Gasteiger partial charge on any atom is -0.356 e. The summed E-state index contributed by atoms with van der Waals surface area (Å²) in [6.45, 7) is 6.43. The van der Waals surface area contributed by atoms with Crippen molar-refractivity contribution in [3.63, 3.8) is 0 Å². The zero-order chi connectivity index (χ0) is 19.9. The maximum Gasteiger partial charge on any atom is 0.191 e. The van der Waals surface area contributed by atoms with Crippen molar-refractivity contribution in [1.29, 1.82) is 0 Å². The van der Waals surface area contributed by atoms with E-state index in [0.29, 0.717) is 6.04 Å². The predicted octanol–water partition coefficient (Wildman–Crippen LogP) is 3.35. The molecule has 0 radical (unpaired) electrons. The zero-order valence-corrected chi connectivity index (χ0v) is 18.9. The number of hydrogen-bond donors (Lipinski definition) is 2. The maximum atomic E-state index is 4.81. The molecule has 0 amide bonds. The molecule has 0 aliphatic carbocycles. The van der Waals surface area contributed by atoms with Crippen molar-refractivity contribution in [3.8, 4) is 0 Å². The number of aromatic nitrogens is 1. The predicted molar refractivity (Wildman–Crippen MR) is 124 cm³/mol. The standard InChI is InChI=1S/C21H32N6S2/c1-22-20(23-9-8-17-16-29-21(25-17)27-12-4-5-13-27)24-15-18(19-7-6-14-28-19)26-10-2-3-11-26/h6-7,14,16,18H,2-5,8-13,15H2,1H3,(H2,22,23,24). The number of hydrogen-bond acceptors (Lipinski definition) is 6. The minimum atomic E-state index is 0.428. The van der Waals surface area contributed by atoms with E-state index in [1.165, 1.54) is 54.5 Å². The molecule has 0 aromatic carbocycles. The van der Waals surface area contributed by atoms with E-state index in [-0.39, 0.29) is 0 Å². The molecule has 29 heavy (non-hydrogen) atoms. The molecule has 2 aliphatic rings. The van der Waals surface area contributed by atoms with Crippen LogP contribution in [0.5, 0.6) is 0 Å². The summed E-state index contributed by atoms with van der Waals surface area (Å²) in [6.07, 6.45) is 6.13. The van der Waals surface area contributed by atoms with Gasteiger partial charge in [0.15, 0.2) is 11.1 Å². The van der Waals surface area contributed by atoms with E-state index in [1.54, 1.807) is 11.3 Å². The molecular formula is C21H32N6S2. The third-order valence-electron chi connectivity index (χ3n) is 5.73. The van der Waals surface area contributed by atoms with E-state index in [0.717, 1.165) is 38.6 Å². The number of rotatable bonds is 8. The average molecular weight is 433 g/mol. The Kier molecular flexibility index (Phi) is 7.40. The Bertz CT molecular complexity index is 760. The highest BCUT2D eigenvalue weighted by atomic mass is 32.1. The van der Waals surface area contributed by atoms with Crippen LogP contribution in [0, 0.1) is 0 Å². The molecular weight excluding hydrogens is 400 g/mol. The van der Waals surface area contributed by atoms with E-state index in [1.807, 2.05) is 18.4 Å². The SMILES string of the molecule is CN=C(NCCc1csc(N2CCCC2)n1)NCC(c1cccs1)N1CCCC1. The highest BCUT2D eigenvalue weighted by Gasteiger charge is 2.24. The van der Waals surface area contributed by atoms with Gasteiger partial charge in [-0.15, -0.1) is 22.7 Å².